The van der Waals surface area contributed by atoms with E-state index in [9.17, 15) is 0 Å². The van der Waals surface area contributed by atoms with Gasteiger partial charge in [0.2, 0.25) is 0 Å². The minimum Gasteiger partial charge on any atom is -0.360 e. The Kier molecular flexibility index (Phi) is 3.36. The number of H-pyrrole nitrogens is 2. The van der Waals surface area contributed by atoms with Gasteiger partial charge in [0.25, 0.3) is 0 Å². The van der Waals surface area contributed by atoms with E-state index in [1.165, 1.54) is 20.6 Å². The molecule has 0 aliphatic carbocycles. The molecule has 2 nitrogen and oxygen atoms in total. The second kappa shape index (κ2) is 5.23. The Morgan fingerprint density at radius 3 is 1.67 bits per heavy atom. The Hall–Kier alpha value is -1.17. The molecule has 0 fully saturated rings. The molecular weight excluding hydrogens is 412 g/mol. The van der Waals surface area contributed by atoms with Gasteiger partial charge in [0.15, 0.2) is 0 Å². The molecule has 0 spiro atoms. The highest BCUT2D eigenvalue weighted by Gasteiger charge is 2.10. The lowest BCUT2D eigenvalue weighted by Crippen LogP contribution is -1.72. The topological polar surface area (TPSA) is 31.6 Å². The van der Waals surface area contributed by atoms with Gasteiger partial charge in [0.05, 0.1) is 0 Å². The van der Waals surface area contributed by atoms with E-state index >= 15 is 0 Å². The highest BCUT2D eigenvalue weighted by atomic mass is 79.9. The third kappa shape index (κ3) is 2.43. The molecule has 2 N–H and O–H groups in total. The number of rotatable bonds is 2. The van der Waals surface area contributed by atoms with Gasteiger partial charge in [0.1, 0.15) is 0 Å². The van der Waals surface area contributed by atoms with Crippen LogP contribution in [-0.4, -0.2) is 9.97 Å². The van der Waals surface area contributed by atoms with Crippen LogP contribution in [0.5, 0.6) is 0 Å². The van der Waals surface area contributed by atoms with Gasteiger partial charge in [-0.2, -0.15) is 0 Å². The largest absolute Gasteiger partial charge is 0.360 e. The van der Waals surface area contributed by atoms with Gasteiger partial charge >= 0.3 is 0 Å². The molecule has 0 saturated heterocycles. The first-order chi connectivity index (χ1) is 10.2. The van der Waals surface area contributed by atoms with Crippen LogP contribution >= 0.6 is 43.6 Å². The van der Waals surface area contributed by atoms with E-state index in [4.69, 9.17) is 0 Å². The standard InChI is InChI=1S/C16H10Br2N2S/c17-9-1-3-13-11(5-9)15(7-19-13)21-16-8-20-14-4-2-10(18)6-12(14)16/h1-8,19-20H. The maximum absolute atomic E-state index is 3.54. The zero-order chi connectivity index (χ0) is 14.4. The fourth-order valence-corrected chi connectivity index (χ4v) is 4.17. The van der Waals surface area contributed by atoms with Crippen molar-refractivity contribution in [2.75, 3.05) is 0 Å². The van der Waals surface area contributed by atoms with Crippen molar-refractivity contribution in [3.05, 3.63) is 57.7 Å². The minimum absolute atomic E-state index is 1.10. The maximum Gasteiger partial charge on any atom is 0.0466 e. The van der Waals surface area contributed by atoms with Crippen molar-refractivity contribution in [3.8, 4) is 0 Å². The van der Waals surface area contributed by atoms with Gasteiger partial charge in [-0.25, -0.2) is 0 Å². The summed E-state index contributed by atoms with van der Waals surface area (Å²) in [5.74, 6) is 0. The summed E-state index contributed by atoms with van der Waals surface area (Å²) < 4.78 is 2.19. The lowest BCUT2D eigenvalue weighted by atomic mass is 10.2. The van der Waals surface area contributed by atoms with Crippen molar-refractivity contribution in [3.63, 3.8) is 0 Å². The van der Waals surface area contributed by atoms with E-state index in [0.29, 0.717) is 0 Å². The number of benzene rings is 2. The minimum atomic E-state index is 1.10. The Morgan fingerprint density at radius 1 is 0.714 bits per heavy atom. The molecule has 4 rings (SSSR count). The van der Waals surface area contributed by atoms with E-state index in [0.717, 1.165) is 20.0 Å². The smallest absolute Gasteiger partial charge is 0.0466 e. The molecule has 21 heavy (non-hydrogen) atoms. The molecule has 5 heteroatoms. The highest BCUT2D eigenvalue weighted by molar-refractivity contribution is 9.10. The van der Waals surface area contributed by atoms with E-state index in [-0.39, 0.29) is 0 Å². The summed E-state index contributed by atoms with van der Waals surface area (Å²) in [4.78, 5) is 9.11. The van der Waals surface area contributed by atoms with E-state index in [1.807, 2.05) is 0 Å². The summed E-state index contributed by atoms with van der Waals surface area (Å²) in [6.07, 6.45) is 4.14. The maximum atomic E-state index is 3.54. The third-order valence-corrected chi connectivity index (χ3v) is 5.53. The van der Waals surface area contributed by atoms with Crippen molar-refractivity contribution in [1.82, 2.24) is 9.97 Å². The van der Waals surface area contributed by atoms with E-state index in [2.05, 4.69) is 90.6 Å². The van der Waals surface area contributed by atoms with Gasteiger partial charge in [-0.05, 0) is 36.4 Å². The zero-order valence-electron chi connectivity index (χ0n) is 10.8. The molecule has 0 amide bonds. The van der Waals surface area contributed by atoms with Crippen LogP contribution in [0.3, 0.4) is 0 Å². The number of aromatic nitrogens is 2. The first-order valence-corrected chi connectivity index (χ1v) is 8.82. The van der Waals surface area contributed by atoms with Gasteiger partial charge in [0, 0.05) is 52.9 Å². The Balaban J connectivity index is 1.82. The SMILES string of the molecule is Brc1ccc2[nH]cc(Sc3c[nH]c4ccc(Br)cc34)c2c1. The second-order valence-electron chi connectivity index (χ2n) is 4.79. The number of hydrogen-bond donors (Lipinski definition) is 2. The normalized spacial score (nSPS) is 11.5. The fraction of sp³-hybridized carbons (Fsp3) is 0. The predicted molar refractivity (Wildman–Crippen MR) is 96.1 cm³/mol. The van der Waals surface area contributed by atoms with Crippen molar-refractivity contribution in [2.45, 2.75) is 9.79 Å². The molecule has 0 atom stereocenters. The molecule has 0 aliphatic heterocycles. The quantitative estimate of drug-likeness (QED) is 0.389. The molecule has 0 aliphatic rings. The zero-order valence-corrected chi connectivity index (χ0v) is 14.8. The Labute approximate surface area is 142 Å². The number of nitrogens with one attached hydrogen (secondary N) is 2. The van der Waals surface area contributed by atoms with E-state index in [1.54, 1.807) is 11.8 Å². The summed E-state index contributed by atoms with van der Waals surface area (Å²) in [6, 6.07) is 12.6. The van der Waals surface area contributed by atoms with Crippen LogP contribution in [-0.2, 0) is 0 Å². The number of fused-ring (bicyclic) bond motifs is 2. The Bertz CT molecular complexity index is 877. The average molecular weight is 422 g/mol. The lowest BCUT2D eigenvalue weighted by Gasteiger charge is -2.00. The molecule has 104 valence electrons. The molecule has 0 unspecified atom stereocenters. The van der Waals surface area contributed by atoms with Gasteiger partial charge in [-0.15, -0.1) is 0 Å². The van der Waals surface area contributed by atoms with Crippen molar-refractivity contribution >= 4 is 65.4 Å². The molecule has 2 aromatic carbocycles. The first-order valence-electron chi connectivity index (χ1n) is 6.42. The lowest BCUT2D eigenvalue weighted by molar-refractivity contribution is 1.39. The van der Waals surface area contributed by atoms with Crippen LogP contribution in [0.4, 0.5) is 0 Å². The van der Waals surface area contributed by atoms with Crippen LogP contribution in [0, 0.1) is 0 Å². The first kappa shape index (κ1) is 13.5. The van der Waals surface area contributed by atoms with Crippen molar-refractivity contribution in [1.29, 1.82) is 0 Å². The molecule has 4 aromatic rings. The second-order valence-corrected chi connectivity index (χ2v) is 7.70. The van der Waals surface area contributed by atoms with Gasteiger partial charge in [-0.1, -0.05) is 43.6 Å². The average Bonchev–Trinajstić information content (AvgIpc) is 3.04. The van der Waals surface area contributed by atoms with E-state index < -0.39 is 0 Å². The van der Waals surface area contributed by atoms with Gasteiger partial charge in [-0.3, -0.25) is 0 Å². The predicted octanol–water partition coefficient (Wildman–Crippen LogP) is 6.33. The van der Waals surface area contributed by atoms with Crippen LogP contribution < -0.4 is 0 Å². The number of aromatic amines is 2. The van der Waals surface area contributed by atoms with Crippen molar-refractivity contribution < 1.29 is 0 Å². The van der Waals surface area contributed by atoms with Gasteiger partial charge < -0.3 is 9.97 Å². The third-order valence-electron chi connectivity index (χ3n) is 3.43. The summed E-state index contributed by atoms with van der Waals surface area (Å²) >= 11 is 8.86. The number of hydrogen-bond acceptors (Lipinski definition) is 1. The highest BCUT2D eigenvalue weighted by Crippen LogP contribution is 2.38. The molecule has 0 saturated carbocycles. The fourth-order valence-electron chi connectivity index (χ4n) is 2.42. The van der Waals surface area contributed by atoms with Crippen LogP contribution in [0.2, 0.25) is 0 Å². The molecule has 2 aromatic heterocycles. The molecular formula is C16H10Br2N2S. The van der Waals surface area contributed by atoms with Crippen LogP contribution in [0.1, 0.15) is 0 Å². The summed E-state index contributed by atoms with van der Waals surface area (Å²) in [6.45, 7) is 0. The summed E-state index contributed by atoms with van der Waals surface area (Å²) in [7, 11) is 0. The summed E-state index contributed by atoms with van der Waals surface area (Å²) in [5, 5.41) is 2.47. The van der Waals surface area contributed by atoms with Crippen LogP contribution in [0.25, 0.3) is 21.8 Å². The molecule has 2 heterocycles. The Morgan fingerprint density at radius 2 is 1.19 bits per heavy atom. The monoisotopic (exact) mass is 420 g/mol. The molecule has 0 radical (unpaired) electrons. The number of halogens is 2. The summed E-state index contributed by atoms with van der Waals surface area (Å²) in [5.41, 5.74) is 2.31. The van der Waals surface area contributed by atoms with Crippen molar-refractivity contribution in [2.24, 2.45) is 0 Å². The van der Waals surface area contributed by atoms with Crippen LogP contribution in [0.15, 0.2) is 67.5 Å². The molecule has 0 bridgehead atoms.